The molecular weight excluding hydrogens is 252 g/mol. The summed E-state index contributed by atoms with van der Waals surface area (Å²) in [6, 6.07) is 6.67. The Morgan fingerprint density at radius 2 is 2.20 bits per heavy atom. The van der Waals surface area contributed by atoms with Crippen LogP contribution in [0.2, 0.25) is 0 Å². The molecule has 0 saturated heterocycles. The molecule has 2 nitrogen and oxygen atoms in total. The lowest BCUT2D eigenvalue weighted by molar-refractivity contribution is 0.648. The van der Waals surface area contributed by atoms with Gasteiger partial charge >= 0.3 is 0 Å². The van der Waals surface area contributed by atoms with Crippen molar-refractivity contribution in [3.05, 3.63) is 28.2 Å². The number of hydrogen-bond donors (Lipinski definition) is 2. The molecule has 0 spiro atoms. The maximum absolute atomic E-state index is 5.72. The number of benzene rings is 1. The molecule has 1 unspecified atom stereocenters. The highest BCUT2D eigenvalue weighted by Gasteiger charge is 2.07. The first-order valence-corrected chi connectivity index (χ1v) is 6.19. The van der Waals surface area contributed by atoms with Crippen molar-refractivity contribution in [2.75, 3.05) is 11.9 Å². The van der Waals surface area contributed by atoms with Gasteiger partial charge in [0.2, 0.25) is 0 Å². The van der Waals surface area contributed by atoms with Crippen molar-refractivity contribution < 1.29 is 0 Å². The third kappa shape index (κ3) is 3.84. The molecule has 1 atom stereocenters. The predicted molar refractivity (Wildman–Crippen MR) is 70.3 cm³/mol. The lowest BCUT2D eigenvalue weighted by Gasteiger charge is -2.18. The molecule has 0 amide bonds. The Labute approximate surface area is 100 Å². The summed E-state index contributed by atoms with van der Waals surface area (Å²) < 4.78 is 1.10. The van der Waals surface area contributed by atoms with Gasteiger partial charge in [0.05, 0.1) is 0 Å². The number of nitrogens with one attached hydrogen (secondary N) is 1. The van der Waals surface area contributed by atoms with Gasteiger partial charge in [-0.3, -0.25) is 0 Å². The SMILES string of the molecule is CCCC(CN)Nc1cc(C)ccc1Br. The van der Waals surface area contributed by atoms with Crippen LogP contribution in [-0.4, -0.2) is 12.6 Å². The van der Waals surface area contributed by atoms with Crippen LogP contribution >= 0.6 is 15.9 Å². The van der Waals surface area contributed by atoms with E-state index in [2.05, 4.69) is 53.3 Å². The molecule has 0 aromatic heterocycles. The molecule has 0 aliphatic carbocycles. The first-order chi connectivity index (χ1) is 7.17. The Balaban J connectivity index is 2.73. The van der Waals surface area contributed by atoms with Crippen LogP contribution in [0.1, 0.15) is 25.3 Å². The van der Waals surface area contributed by atoms with Gasteiger partial charge in [0.25, 0.3) is 0 Å². The van der Waals surface area contributed by atoms with Crippen LogP contribution in [0.25, 0.3) is 0 Å². The van der Waals surface area contributed by atoms with Crippen LogP contribution in [0.4, 0.5) is 5.69 Å². The maximum atomic E-state index is 5.72. The summed E-state index contributed by atoms with van der Waals surface area (Å²) in [4.78, 5) is 0. The average Bonchev–Trinajstić information content (AvgIpc) is 2.22. The lowest BCUT2D eigenvalue weighted by atomic mass is 10.1. The van der Waals surface area contributed by atoms with E-state index < -0.39 is 0 Å². The molecular formula is C12H19BrN2. The second kappa shape index (κ2) is 6.13. The monoisotopic (exact) mass is 270 g/mol. The number of rotatable bonds is 5. The number of aryl methyl sites for hydroxylation is 1. The van der Waals surface area contributed by atoms with E-state index >= 15 is 0 Å². The van der Waals surface area contributed by atoms with Crippen LogP contribution in [0.3, 0.4) is 0 Å². The highest BCUT2D eigenvalue weighted by atomic mass is 79.9. The van der Waals surface area contributed by atoms with Crippen LogP contribution in [-0.2, 0) is 0 Å². The molecule has 3 N–H and O–H groups in total. The van der Waals surface area contributed by atoms with Crippen molar-refractivity contribution in [2.45, 2.75) is 32.7 Å². The molecule has 0 aliphatic heterocycles. The Kier molecular flexibility index (Phi) is 5.12. The Hall–Kier alpha value is -0.540. The minimum atomic E-state index is 0.369. The second-order valence-electron chi connectivity index (χ2n) is 3.85. The van der Waals surface area contributed by atoms with Gasteiger partial charge in [-0.05, 0) is 47.0 Å². The highest BCUT2D eigenvalue weighted by molar-refractivity contribution is 9.10. The third-order valence-electron chi connectivity index (χ3n) is 2.40. The number of anilines is 1. The van der Waals surface area contributed by atoms with Crippen molar-refractivity contribution in [1.29, 1.82) is 0 Å². The van der Waals surface area contributed by atoms with Crippen molar-refractivity contribution in [3.8, 4) is 0 Å². The summed E-state index contributed by atoms with van der Waals surface area (Å²) >= 11 is 3.54. The van der Waals surface area contributed by atoms with Crippen LogP contribution < -0.4 is 11.1 Å². The summed E-state index contributed by atoms with van der Waals surface area (Å²) in [5.41, 5.74) is 8.11. The Bertz CT molecular complexity index is 312. The fraction of sp³-hybridized carbons (Fsp3) is 0.500. The molecule has 0 fully saturated rings. The summed E-state index contributed by atoms with van der Waals surface area (Å²) in [5.74, 6) is 0. The van der Waals surface area contributed by atoms with Crippen LogP contribution in [0, 0.1) is 6.92 Å². The smallest absolute Gasteiger partial charge is 0.0489 e. The normalized spacial score (nSPS) is 12.5. The molecule has 1 aromatic carbocycles. The predicted octanol–water partition coefficient (Wildman–Crippen LogP) is 3.30. The van der Waals surface area contributed by atoms with E-state index in [1.54, 1.807) is 0 Å². The summed E-state index contributed by atoms with van der Waals surface area (Å²) in [6.07, 6.45) is 2.26. The zero-order valence-corrected chi connectivity index (χ0v) is 11.0. The van der Waals surface area contributed by atoms with Crippen molar-refractivity contribution in [3.63, 3.8) is 0 Å². The first kappa shape index (κ1) is 12.5. The van der Waals surface area contributed by atoms with Gasteiger partial charge in [-0.2, -0.15) is 0 Å². The molecule has 0 saturated carbocycles. The Morgan fingerprint density at radius 1 is 1.47 bits per heavy atom. The van der Waals surface area contributed by atoms with Crippen LogP contribution in [0.5, 0.6) is 0 Å². The van der Waals surface area contributed by atoms with Gasteiger partial charge in [0, 0.05) is 22.7 Å². The van der Waals surface area contributed by atoms with Gasteiger partial charge in [-0.15, -0.1) is 0 Å². The number of nitrogens with two attached hydrogens (primary N) is 1. The molecule has 15 heavy (non-hydrogen) atoms. The number of halogens is 1. The van der Waals surface area contributed by atoms with E-state index in [9.17, 15) is 0 Å². The summed E-state index contributed by atoms with van der Waals surface area (Å²) in [7, 11) is 0. The van der Waals surface area contributed by atoms with E-state index in [-0.39, 0.29) is 0 Å². The molecule has 1 aromatic rings. The van der Waals surface area contributed by atoms with E-state index in [4.69, 9.17) is 5.73 Å². The minimum absolute atomic E-state index is 0.369. The first-order valence-electron chi connectivity index (χ1n) is 5.40. The van der Waals surface area contributed by atoms with Crippen molar-refractivity contribution in [1.82, 2.24) is 0 Å². The van der Waals surface area contributed by atoms with E-state index in [0.29, 0.717) is 12.6 Å². The van der Waals surface area contributed by atoms with Gasteiger partial charge in [0.1, 0.15) is 0 Å². The fourth-order valence-corrected chi connectivity index (χ4v) is 1.93. The lowest BCUT2D eigenvalue weighted by Crippen LogP contribution is -2.28. The third-order valence-corrected chi connectivity index (χ3v) is 3.09. The molecule has 84 valence electrons. The molecule has 1 rings (SSSR count). The topological polar surface area (TPSA) is 38.0 Å². The molecule has 3 heteroatoms. The van der Waals surface area contributed by atoms with Gasteiger partial charge in [-0.1, -0.05) is 19.4 Å². The highest BCUT2D eigenvalue weighted by Crippen LogP contribution is 2.24. The second-order valence-corrected chi connectivity index (χ2v) is 4.70. The maximum Gasteiger partial charge on any atom is 0.0489 e. The molecule has 0 bridgehead atoms. The number of hydrogen-bond acceptors (Lipinski definition) is 2. The molecule has 0 radical (unpaired) electrons. The van der Waals surface area contributed by atoms with Gasteiger partial charge in [-0.25, -0.2) is 0 Å². The Morgan fingerprint density at radius 3 is 2.80 bits per heavy atom. The average molecular weight is 271 g/mol. The van der Waals surface area contributed by atoms with Gasteiger partial charge < -0.3 is 11.1 Å². The zero-order valence-electron chi connectivity index (χ0n) is 9.39. The standard InChI is InChI=1S/C12H19BrN2/c1-3-4-10(8-14)15-12-7-9(2)5-6-11(12)13/h5-7,10,15H,3-4,8,14H2,1-2H3. The van der Waals surface area contributed by atoms with E-state index in [1.165, 1.54) is 5.56 Å². The largest absolute Gasteiger partial charge is 0.380 e. The summed E-state index contributed by atoms with van der Waals surface area (Å²) in [6.45, 7) is 4.94. The summed E-state index contributed by atoms with van der Waals surface area (Å²) in [5, 5.41) is 3.47. The van der Waals surface area contributed by atoms with Crippen molar-refractivity contribution in [2.24, 2.45) is 5.73 Å². The minimum Gasteiger partial charge on any atom is -0.380 e. The fourth-order valence-electron chi connectivity index (χ4n) is 1.57. The van der Waals surface area contributed by atoms with Crippen LogP contribution in [0.15, 0.2) is 22.7 Å². The van der Waals surface area contributed by atoms with E-state index in [1.807, 2.05) is 0 Å². The molecule has 0 aliphatic rings. The zero-order chi connectivity index (χ0) is 11.3. The van der Waals surface area contributed by atoms with E-state index in [0.717, 1.165) is 23.0 Å². The van der Waals surface area contributed by atoms with Crippen molar-refractivity contribution >= 4 is 21.6 Å². The quantitative estimate of drug-likeness (QED) is 0.862. The molecule has 0 heterocycles. The van der Waals surface area contributed by atoms with Gasteiger partial charge in [0.15, 0.2) is 0 Å².